The van der Waals surface area contributed by atoms with E-state index in [0.717, 1.165) is 35.2 Å². The van der Waals surface area contributed by atoms with Crippen molar-refractivity contribution in [3.63, 3.8) is 0 Å². The van der Waals surface area contributed by atoms with Gasteiger partial charge in [0.05, 0.1) is 24.6 Å². The lowest BCUT2D eigenvalue weighted by Gasteiger charge is -2.36. The maximum atomic E-state index is 13.9. The molecule has 0 saturated carbocycles. The molecule has 4 aliphatic rings. The number of ether oxygens (including phenoxy) is 1. The van der Waals surface area contributed by atoms with E-state index in [1.807, 2.05) is 26.0 Å². The largest absolute Gasteiger partial charge is 0.497 e. The van der Waals surface area contributed by atoms with Crippen molar-refractivity contribution in [1.82, 2.24) is 4.90 Å². The smallest absolute Gasteiger partial charge is 0.250 e. The Bertz CT molecular complexity index is 1190. The first kappa shape index (κ1) is 19.5. The van der Waals surface area contributed by atoms with E-state index in [4.69, 9.17) is 4.74 Å². The van der Waals surface area contributed by atoms with E-state index in [1.165, 1.54) is 4.90 Å². The molecular formula is C25H25N3O4. The zero-order valence-corrected chi connectivity index (χ0v) is 18.3. The van der Waals surface area contributed by atoms with Gasteiger partial charge in [-0.05, 0) is 68.6 Å². The second-order valence-corrected chi connectivity index (χ2v) is 9.27. The van der Waals surface area contributed by atoms with Crippen molar-refractivity contribution >= 4 is 29.1 Å². The van der Waals surface area contributed by atoms with Crippen LogP contribution in [0.3, 0.4) is 0 Å². The topological polar surface area (TPSA) is 79.0 Å². The standard InChI is InChI=1S/C25H25N3O4/c1-13-6-11-17-21(14(13)2)26-24(31)25(17)20-19(18-5-4-12-27(18)25)22(29)28(23(20)30)15-7-9-16(32-3)10-8-15/h6-11,18-20H,4-5,12H2,1-3H3,(H,26,31). The van der Waals surface area contributed by atoms with Crippen LogP contribution >= 0.6 is 0 Å². The summed E-state index contributed by atoms with van der Waals surface area (Å²) in [5.74, 6) is -1.28. The molecule has 4 heterocycles. The first-order valence-corrected chi connectivity index (χ1v) is 11.1. The summed E-state index contributed by atoms with van der Waals surface area (Å²) in [5, 5.41) is 3.09. The number of fused-ring (bicyclic) bond motifs is 7. The van der Waals surface area contributed by atoms with E-state index in [2.05, 4.69) is 10.2 Å². The lowest BCUT2D eigenvalue weighted by atomic mass is 9.75. The highest BCUT2D eigenvalue weighted by Gasteiger charge is 2.74. The summed E-state index contributed by atoms with van der Waals surface area (Å²) in [6, 6.07) is 10.8. The molecule has 0 aromatic heterocycles. The summed E-state index contributed by atoms with van der Waals surface area (Å²) in [7, 11) is 1.57. The highest BCUT2D eigenvalue weighted by atomic mass is 16.5. The minimum atomic E-state index is -1.13. The van der Waals surface area contributed by atoms with E-state index in [-0.39, 0.29) is 23.8 Å². The van der Waals surface area contributed by atoms with Gasteiger partial charge < -0.3 is 10.1 Å². The molecule has 0 bridgehead atoms. The van der Waals surface area contributed by atoms with Crippen LogP contribution in [-0.2, 0) is 19.9 Å². The molecule has 4 atom stereocenters. The summed E-state index contributed by atoms with van der Waals surface area (Å²) < 4.78 is 5.22. The summed E-state index contributed by atoms with van der Waals surface area (Å²) in [6.45, 7) is 4.71. The van der Waals surface area contributed by atoms with E-state index >= 15 is 0 Å². The fourth-order valence-corrected chi connectivity index (χ4v) is 6.51. The van der Waals surface area contributed by atoms with Gasteiger partial charge in [-0.1, -0.05) is 12.1 Å². The second-order valence-electron chi connectivity index (χ2n) is 9.27. The molecule has 0 aliphatic carbocycles. The summed E-state index contributed by atoms with van der Waals surface area (Å²) in [6.07, 6.45) is 1.72. The Hall–Kier alpha value is -3.19. The van der Waals surface area contributed by atoms with Crippen LogP contribution in [0.25, 0.3) is 0 Å². The Labute approximate surface area is 186 Å². The van der Waals surface area contributed by atoms with Crippen LogP contribution in [0.15, 0.2) is 36.4 Å². The molecule has 6 rings (SSSR count). The molecule has 3 saturated heterocycles. The molecular weight excluding hydrogens is 406 g/mol. The number of nitrogens with zero attached hydrogens (tertiary/aromatic N) is 2. The Morgan fingerprint density at radius 1 is 1.03 bits per heavy atom. The molecule has 3 fully saturated rings. The number of nitrogens with one attached hydrogen (secondary N) is 1. The van der Waals surface area contributed by atoms with E-state index in [0.29, 0.717) is 18.0 Å². The lowest BCUT2D eigenvalue weighted by molar-refractivity contribution is -0.135. The van der Waals surface area contributed by atoms with Gasteiger partial charge >= 0.3 is 0 Å². The number of carbonyl (C=O) groups excluding carboxylic acids is 3. The van der Waals surface area contributed by atoms with Gasteiger partial charge in [0, 0.05) is 17.3 Å². The molecule has 7 nitrogen and oxygen atoms in total. The number of hydrogen-bond acceptors (Lipinski definition) is 5. The SMILES string of the molecule is COc1ccc(N2C(=O)C3C4CCCN4C4(C(=O)Nc5c4ccc(C)c5C)C3C2=O)cc1. The molecule has 2 aromatic carbocycles. The van der Waals surface area contributed by atoms with Gasteiger partial charge in [-0.25, -0.2) is 4.90 Å². The Morgan fingerprint density at radius 3 is 2.50 bits per heavy atom. The van der Waals surface area contributed by atoms with E-state index in [1.54, 1.807) is 31.4 Å². The minimum Gasteiger partial charge on any atom is -0.497 e. The predicted octanol–water partition coefficient (Wildman–Crippen LogP) is 2.74. The number of aryl methyl sites for hydroxylation is 1. The van der Waals surface area contributed by atoms with Crippen molar-refractivity contribution in [1.29, 1.82) is 0 Å². The van der Waals surface area contributed by atoms with E-state index in [9.17, 15) is 14.4 Å². The zero-order chi connectivity index (χ0) is 22.4. The van der Waals surface area contributed by atoms with Crippen molar-refractivity contribution < 1.29 is 19.1 Å². The number of methoxy groups -OCH3 is 1. The third-order valence-electron chi connectivity index (χ3n) is 8.03. The molecule has 1 N–H and O–H groups in total. The first-order valence-electron chi connectivity index (χ1n) is 11.1. The average molecular weight is 431 g/mol. The molecule has 4 unspecified atom stereocenters. The van der Waals surface area contributed by atoms with Crippen molar-refractivity contribution in [2.75, 3.05) is 23.9 Å². The second kappa shape index (κ2) is 6.42. The fraction of sp³-hybridized carbons (Fsp3) is 0.400. The van der Waals surface area contributed by atoms with Gasteiger partial charge in [0.15, 0.2) is 0 Å². The normalized spacial score (nSPS) is 30.7. The van der Waals surface area contributed by atoms with Crippen LogP contribution in [-0.4, -0.2) is 42.3 Å². The monoisotopic (exact) mass is 431 g/mol. The van der Waals surface area contributed by atoms with Crippen LogP contribution in [0.2, 0.25) is 0 Å². The van der Waals surface area contributed by atoms with E-state index < -0.39 is 17.4 Å². The maximum Gasteiger partial charge on any atom is 0.250 e. The number of hydrogen-bond donors (Lipinski definition) is 1. The number of rotatable bonds is 2. The van der Waals surface area contributed by atoms with Crippen LogP contribution in [0.1, 0.15) is 29.5 Å². The Balaban J connectivity index is 1.53. The fourth-order valence-electron chi connectivity index (χ4n) is 6.51. The van der Waals surface area contributed by atoms with Crippen LogP contribution < -0.4 is 15.0 Å². The molecule has 32 heavy (non-hydrogen) atoms. The molecule has 1 spiro atoms. The highest BCUT2D eigenvalue weighted by molar-refractivity contribution is 6.26. The van der Waals surface area contributed by atoms with Crippen LogP contribution in [0.4, 0.5) is 11.4 Å². The first-order chi connectivity index (χ1) is 15.4. The molecule has 2 aromatic rings. The Morgan fingerprint density at radius 2 is 1.78 bits per heavy atom. The maximum absolute atomic E-state index is 13.9. The highest BCUT2D eigenvalue weighted by Crippen LogP contribution is 2.61. The zero-order valence-electron chi connectivity index (χ0n) is 18.3. The third-order valence-corrected chi connectivity index (χ3v) is 8.03. The number of imide groups is 1. The van der Waals surface area contributed by atoms with Crippen molar-refractivity contribution in [3.05, 3.63) is 53.1 Å². The summed E-state index contributed by atoms with van der Waals surface area (Å²) in [4.78, 5) is 44.8. The number of anilines is 2. The minimum absolute atomic E-state index is 0.113. The Kier molecular flexibility index (Phi) is 3.91. The quantitative estimate of drug-likeness (QED) is 0.740. The molecule has 164 valence electrons. The van der Waals surface area contributed by atoms with Gasteiger partial charge in [0.1, 0.15) is 11.3 Å². The van der Waals surface area contributed by atoms with Gasteiger partial charge in [-0.2, -0.15) is 0 Å². The molecule has 3 amide bonds. The summed E-state index contributed by atoms with van der Waals surface area (Å²) in [5.41, 5.74) is 3.12. The lowest BCUT2D eigenvalue weighted by Crippen LogP contribution is -2.54. The summed E-state index contributed by atoms with van der Waals surface area (Å²) >= 11 is 0. The number of amides is 3. The van der Waals surface area contributed by atoms with Gasteiger partial charge in [0.25, 0.3) is 0 Å². The molecule has 7 heteroatoms. The van der Waals surface area contributed by atoms with Crippen molar-refractivity contribution in [2.24, 2.45) is 11.8 Å². The van der Waals surface area contributed by atoms with Crippen LogP contribution in [0.5, 0.6) is 5.75 Å². The number of carbonyl (C=O) groups is 3. The van der Waals surface area contributed by atoms with Crippen LogP contribution in [0, 0.1) is 25.7 Å². The van der Waals surface area contributed by atoms with Gasteiger partial charge in [-0.15, -0.1) is 0 Å². The van der Waals surface area contributed by atoms with Crippen molar-refractivity contribution in [2.45, 2.75) is 38.3 Å². The predicted molar refractivity (Wildman–Crippen MR) is 118 cm³/mol. The van der Waals surface area contributed by atoms with Gasteiger partial charge in [-0.3, -0.25) is 19.3 Å². The van der Waals surface area contributed by atoms with Crippen molar-refractivity contribution in [3.8, 4) is 5.75 Å². The molecule has 4 aliphatic heterocycles. The number of benzene rings is 2. The van der Waals surface area contributed by atoms with Gasteiger partial charge in [0.2, 0.25) is 17.7 Å². The third kappa shape index (κ3) is 2.12. The average Bonchev–Trinajstić information content (AvgIpc) is 3.50. The molecule has 0 radical (unpaired) electrons.